The summed E-state index contributed by atoms with van der Waals surface area (Å²) in [4.78, 5) is 0. The predicted octanol–water partition coefficient (Wildman–Crippen LogP) is 5.41. The van der Waals surface area contributed by atoms with Crippen LogP contribution >= 0.6 is 58.0 Å². The Labute approximate surface area is 122 Å². The molecule has 17 heavy (non-hydrogen) atoms. The topological polar surface area (TPSA) is 25.8 Å². The molecule has 0 atom stereocenters. The van der Waals surface area contributed by atoms with Crippen molar-refractivity contribution in [2.75, 3.05) is 0 Å². The van der Waals surface area contributed by atoms with E-state index in [1.54, 1.807) is 18.2 Å². The van der Waals surface area contributed by atoms with Gasteiger partial charge >= 0.3 is 0 Å². The number of halogens is 5. The number of nitrogens with zero attached hydrogens (tertiary/aromatic N) is 2. The molecule has 0 N–H and O–H groups in total. The molecule has 2 nitrogen and oxygen atoms in total. The van der Waals surface area contributed by atoms with Gasteiger partial charge in [-0.05, 0) is 12.1 Å². The number of hydrogen-bond donors (Lipinski definition) is 0. The second-order valence-electron chi connectivity index (χ2n) is 3.10. The third-order valence-electron chi connectivity index (χ3n) is 2.01. The van der Waals surface area contributed by atoms with Crippen LogP contribution in [0.25, 0.3) is 11.3 Å². The molecular weight excluding hydrogens is 325 g/mol. The van der Waals surface area contributed by atoms with Crippen LogP contribution < -0.4 is 0 Å². The fraction of sp³-hybridized carbons (Fsp3) is 0. The number of rotatable bonds is 1. The summed E-state index contributed by atoms with van der Waals surface area (Å²) in [7, 11) is 0. The molecule has 0 saturated heterocycles. The minimum atomic E-state index is 0.0560. The average Bonchev–Trinajstić information content (AvgIpc) is 2.30. The standard InChI is InChI=1S/C10H3Cl5N2/c11-5-2-1-4(3-6(5)12)9-7(13)8(14)10(15)17-16-9/h1-3H. The maximum Gasteiger partial charge on any atom is 0.171 e. The van der Waals surface area contributed by atoms with Crippen LogP contribution in [0.2, 0.25) is 25.2 Å². The van der Waals surface area contributed by atoms with E-state index in [-0.39, 0.29) is 15.2 Å². The molecule has 0 aliphatic rings. The molecule has 0 amide bonds. The van der Waals surface area contributed by atoms with Crippen LogP contribution in [-0.4, -0.2) is 10.2 Å². The summed E-state index contributed by atoms with van der Waals surface area (Å²) >= 11 is 29.3. The lowest BCUT2D eigenvalue weighted by Gasteiger charge is -2.06. The Bertz CT molecular complexity index is 585. The molecule has 0 aliphatic heterocycles. The molecule has 0 saturated carbocycles. The summed E-state index contributed by atoms with van der Waals surface area (Å²) in [6.45, 7) is 0. The molecular formula is C10H3Cl5N2. The molecule has 0 bridgehead atoms. The summed E-state index contributed by atoms with van der Waals surface area (Å²) in [6, 6.07) is 4.98. The molecule has 1 aromatic carbocycles. The van der Waals surface area contributed by atoms with Gasteiger partial charge in [0.2, 0.25) is 0 Å². The summed E-state index contributed by atoms with van der Waals surface area (Å²) in [5.41, 5.74) is 1.06. The van der Waals surface area contributed by atoms with Crippen LogP contribution in [0.4, 0.5) is 0 Å². The van der Waals surface area contributed by atoms with Gasteiger partial charge in [-0.25, -0.2) is 0 Å². The predicted molar refractivity (Wildman–Crippen MR) is 72.5 cm³/mol. The van der Waals surface area contributed by atoms with E-state index in [0.29, 0.717) is 21.3 Å². The molecule has 2 aromatic rings. The van der Waals surface area contributed by atoms with Crippen molar-refractivity contribution in [1.82, 2.24) is 10.2 Å². The van der Waals surface area contributed by atoms with E-state index in [9.17, 15) is 0 Å². The summed E-state index contributed by atoms with van der Waals surface area (Å²) in [5.74, 6) is 0. The lowest BCUT2D eigenvalue weighted by atomic mass is 10.1. The lowest BCUT2D eigenvalue weighted by molar-refractivity contribution is 1.04. The van der Waals surface area contributed by atoms with E-state index in [0.717, 1.165) is 0 Å². The fourth-order valence-corrected chi connectivity index (χ4v) is 2.05. The third kappa shape index (κ3) is 2.61. The maximum absolute atomic E-state index is 6.03. The van der Waals surface area contributed by atoms with Crippen molar-refractivity contribution in [3.05, 3.63) is 43.4 Å². The molecule has 2 rings (SSSR count). The van der Waals surface area contributed by atoms with E-state index < -0.39 is 0 Å². The normalized spacial score (nSPS) is 10.6. The maximum atomic E-state index is 6.03. The highest BCUT2D eigenvalue weighted by molar-refractivity contribution is 6.48. The summed E-state index contributed by atoms with van der Waals surface area (Å²) in [5, 5.41) is 8.85. The van der Waals surface area contributed by atoms with Crippen molar-refractivity contribution >= 4 is 58.0 Å². The van der Waals surface area contributed by atoms with Gasteiger partial charge in [-0.1, -0.05) is 64.1 Å². The van der Waals surface area contributed by atoms with Crippen molar-refractivity contribution in [3.8, 4) is 11.3 Å². The van der Waals surface area contributed by atoms with Gasteiger partial charge in [0.1, 0.15) is 10.7 Å². The Kier molecular flexibility index (Phi) is 4.01. The van der Waals surface area contributed by atoms with Crippen LogP contribution in [0.1, 0.15) is 0 Å². The summed E-state index contributed by atoms with van der Waals surface area (Å²) < 4.78 is 0. The SMILES string of the molecule is Clc1ccc(-c2nnc(Cl)c(Cl)c2Cl)cc1Cl. The highest BCUT2D eigenvalue weighted by Crippen LogP contribution is 2.36. The van der Waals surface area contributed by atoms with Gasteiger partial charge in [-0.3, -0.25) is 0 Å². The first-order valence-corrected chi connectivity index (χ1v) is 6.22. The first-order chi connectivity index (χ1) is 8.00. The average molecular weight is 328 g/mol. The van der Waals surface area contributed by atoms with E-state index in [1.807, 2.05) is 0 Å². The third-order valence-corrected chi connectivity index (χ3v) is 3.95. The Balaban J connectivity index is 2.61. The van der Waals surface area contributed by atoms with E-state index >= 15 is 0 Å². The van der Waals surface area contributed by atoms with Crippen molar-refractivity contribution in [2.45, 2.75) is 0 Å². The first kappa shape index (κ1) is 13.2. The van der Waals surface area contributed by atoms with Crippen molar-refractivity contribution in [2.24, 2.45) is 0 Å². The highest BCUT2D eigenvalue weighted by Gasteiger charge is 2.14. The number of hydrogen-bond acceptors (Lipinski definition) is 2. The smallest absolute Gasteiger partial charge is 0.147 e. The largest absolute Gasteiger partial charge is 0.171 e. The van der Waals surface area contributed by atoms with Gasteiger partial charge in [0.25, 0.3) is 0 Å². The Morgan fingerprint density at radius 1 is 0.765 bits per heavy atom. The second-order valence-corrected chi connectivity index (χ2v) is 5.02. The molecule has 0 radical (unpaired) electrons. The van der Waals surface area contributed by atoms with Gasteiger partial charge in [0, 0.05) is 5.56 Å². The minimum Gasteiger partial charge on any atom is -0.147 e. The number of aromatic nitrogens is 2. The van der Waals surface area contributed by atoms with Gasteiger partial charge in [0.15, 0.2) is 5.15 Å². The molecule has 0 spiro atoms. The molecule has 7 heteroatoms. The molecule has 1 heterocycles. The van der Waals surface area contributed by atoms with Crippen molar-refractivity contribution in [3.63, 3.8) is 0 Å². The Hall–Kier alpha value is -0.250. The molecule has 1 aromatic heterocycles. The highest BCUT2D eigenvalue weighted by atomic mass is 35.5. The van der Waals surface area contributed by atoms with Gasteiger partial charge < -0.3 is 0 Å². The molecule has 0 aliphatic carbocycles. The second kappa shape index (κ2) is 5.17. The Morgan fingerprint density at radius 3 is 2.12 bits per heavy atom. The number of benzene rings is 1. The van der Waals surface area contributed by atoms with Crippen LogP contribution in [-0.2, 0) is 0 Å². The van der Waals surface area contributed by atoms with Crippen molar-refractivity contribution in [1.29, 1.82) is 0 Å². The van der Waals surface area contributed by atoms with E-state index in [1.165, 1.54) is 0 Å². The summed E-state index contributed by atoms with van der Waals surface area (Å²) in [6.07, 6.45) is 0. The van der Waals surface area contributed by atoms with Gasteiger partial charge in [-0.2, -0.15) is 0 Å². The van der Waals surface area contributed by atoms with Crippen LogP contribution in [0, 0.1) is 0 Å². The zero-order valence-electron chi connectivity index (χ0n) is 8.02. The monoisotopic (exact) mass is 326 g/mol. The quantitative estimate of drug-likeness (QED) is 0.699. The van der Waals surface area contributed by atoms with Gasteiger partial charge in [0.05, 0.1) is 15.1 Å². The van der Waals surface area contributed by atoms with Crippen LogP contribution in [0.15, 0.2) is 18.2 Å². The molecule has 0 fully saturated rings. The van der Waals surface area contributed by atoms with Crippen LogP contribution in [0.5, 0.6) is 0 Å². The van der Waals surface area contributed by atoms with E-state index in [4.69, 9.17) is 58.0 Å². The Morgan fingerprint density at radius 2 is 1.47 bits per heavy atom. The molecule has 88 valence electrons. The zero-order valence-corrected chi connectivity index (χ0v) is 11.8. The van der Waals surface area contributed by atoms with E-state index in [2.05, 4.69) is 10.2 Å². The lowest BCUT2D eigenvalue weighted by Crippen LogP contribution is -1.91. The fourth-order valence-electron chi connectivity index (χ4n) is 1.20. The zero-order chi connectivity index (χ0) is 12.6. The van der Waals surface area contributed by atoms with Crippen LogP contribution in [0.3, 0.4) is 0 Å². The first-order valence-electron chi connectivity index (χ1n) is 4.33. The molecule has 0 unspecified atom stereocenters. The van der Waals surface area contributed by atoms with Crippen molar-refractivity contribution < 1.29 is 0 Å². The minimum absolute atomic E-state index is 0.0560. The van der Waals surface area contributed by atoms with Gasteiger partial charge in [-0.15, -0.1) is 10.2 Å².